The van der Waals surface area contributed by atoms with Crippen LogP contribution in [0.2, 0.25) is 0 Å². The zero-order valence-electron chi connectivity index (χ0n) is 19.7. The Labute approximate surface area is 204 Å². The number of fused-ring (bicyclic) bond motifs is 1. The summed E-state index contributed by atoms with van der Waals surface area (Å²) in [4.78, 5) is 23.7. The van der Waals surface area contributed by atoms with Crippen molar-refractivity contribution in [2.45, 2.75) is 20.4 Å². The topological polar surface area (TPSA) is 75.4 Å². The number of aromatic nitrogens is 4. The fourth-order valence-electron chi connectivity index (χ4n) is 4.00. The summed E-state index contributed by atoms with van der Waals surface area (Å²) in [6.45, 7) is 5.11. The third-order valence-corrected chi connectivity index (χ3v) is 5.81. The van der Waals surface area contributed by atoms with Gasteiger partial charge in [0.1, 0.15) is 5.82 Å². The molecule has 174 valence electrons. The van der Waals surface area contributed by atoms with E-state index in [9.17, 15) is 4.79 Å². The highest BCUT2D eigenvalue weighted by molar-refractivity contribution is 5.94. The summed E-state index contributed by atoms with van der Waals surface area (Å²) in [7, 11) is 0. The number of benzene rings is 2. The Morgan fingerprint density at radius 1 is 0.971 bits per heavy atom. The Balaban J connectivity index is 1.39. The molecule has 0 aliphatic rings. The van der Waals surface area contributed by atoms with Gasteiger partial charge >= 0.3 is 0 Å². The van der Waals surface area contributed by atoms with Gasteiger partial charge in [-0.05, 0) is 55.8 Å². The Morgan fingerprint density at radius 3 is 2.43 bits per heavy atom. The van der Waals surface area contributed by atoms with Crippen molar-refractivity contribution in [3.63, 3.8) is 0 Å². The van der Waals surface area contributed by atoms with Crippen LogP contribution in [-0.4, -0.2) is 36.9 Å². The number of carbonyl (C=O) groups is 1. The number of hydrogen-bond donors (Lipinski definition) is 1. The van der Waals surface area contributed by atoms with E-state index in [2.05, 4.69) is 15.4 Å². The molecule has 0 spiro atoms. The van der Waals surface area contributed by atoms with Gasteiger partial charge in [0.25, 0.3) is 5.91 Å². The van der Waals surface area contributed by atoms with Crippen molar-refractivity contribution in [2.24, 2.45) is 0 Å². The van der Waals surface area contributed by atoms with Crippen molar-refractivity contribution in [3.8, 4) is 11.3 Å². The summed E-state index contributed by atoms with van der Waals surface area (Å²) in [5, 5.41) is 8.04. The standard InChI is InChI=1S/C28H26N6O/c1-3-33(19-21-13-15-29-16-14-21)28(35)23-9-11-24(12-10-23)30-27-18-25(22-7-5-4-6-8-22)31-26-17-20(2)32-34(26)27/h4-18,30H,3,19H2,1-2H3. The number of carbonyl (C=O) groups excluding carboxylic acids is 1. The number of anilines is 2. The maximum Gasteiger partial charge on any atom is 0.254 e. The molecular formula is C28H26N6O. The van der Waals surface area contributed by atoms with E-state index in [4.69, 9.17) is 4.98 Å². The van der Waals surface area contributed by atoms with Crippen LogP contribution in [0.5, 0.6) is 0 Å². The minimum Gasteiger partial charge on any atom is -0.340 e. The number of nitrogens with one attached hydrogen (secondary N) is 1. The van der Waals surface area contributed by atoms with Crippen LogP contribution in [0.1, 0.15) is 28.5 Å². The smallest absolute Gasteiger partial charge is 0.254 e. The van der Waals surface area contributed by atoms with E-state index < -0.39 is 0 Å². The van der Waals surface area contributed by atoms with Crippen LogP contribution in [0.3, 0.4) is 0 Å². The van der Waals surface area contributed by atoms with Crippen molar-refractivity contribution in [1.29, 1.82) is 0 Å². The van der Waals surface area contributed by atoms with Gasteiger partial charge in [0.15, 0.2) is 5.65 Å². The fourth-order valence-corrected chi connectivity index (χ4v) is 4.00. The highest BCUT2D eigenvalue weighted by Crippen LogP contribution is 2.25. The lowest BCUT2D eigenvalue weighted by molar-refractivity contribution is 0.0752. The average molecular weight is 463 g/mol. The summed E-state index contributed by atoms with van der Waals surface area (Å²) in [6, 6.07) is 25.4. The van der Waals surface area contributed by atoms with Crippen molar-refractivity contribution >= 4 is 23.1 Å². The first-order valence-electron chi connectivity index (χ1n) is 11.6. The molecule has 5 rings (SSSR count). The summed E-state index contributed by atoms with van der Waals surface area (Å²) in [6.07, 6.45) is 3.49. The minimum atomic E-state index is -0.00349. The summed E-state index contributed by atoms with van der Waals surface area (Å²) >= 11 is 0. The summed E-state index contributed by atoms with van der Waals surface area (Å²) in [5.74, 6) is 0.796. The molecule has 2 aromatic carbocycles. The van der Waals surface area contributed by atoms with Gasteiger partial charge in [0, 0.05) is 54.4 Å². The lowest BCUT2D eigenvalue weighted by Gasteiger charge is -2.21. The normalized spacial score (nSPS) is 10.9. The van der Waals surface area contributed by atoms with Crippen LogP contribution >= 0.6 is 0 Å². The van der Waals surface area contributed by atoms with Crippen LogP contribution < -0.4 is 5.32 Å². The Morgan fingerprint density at radius 2 is 1.71 bits per heavy atom. The largest absolute Gasteiger partial charge is 0.340 e. The molecule has 0 unspecified atom stereocenters. The SMILES string of the molecule is CCN(Cc1ccncc1)C(=O)c1ccc(Nc2cc(-c3ccccc3)nc3cc(C)nn23)cc1. The number of amides is 1. The molecule has 7 nitrogen and oxygen atoms in total. The van der Waals surface area contributed by atoms with Crippen LogP contribution in [0, 0.1) is 6.92 Å². The molecule has 0 fully saturated rings. The van der Waals surface area contributed by atoms with E-state index in [-0.39, 0.29) is 5.91 Å². The maximum atomic E-state index is 13.1. The van der Waals surface area contributed by atoms with Gasteiger partial charge < -0.3 is 10.2 Å². The summed E-state index contributed by atoms with van der Waals surface area (Å²) < 4.78 is 1.80. The zero-order chi connectivity index (χ0) is 24.2. The summed E-state index contributed by atoms with van der Waals surface area (Å²) in [5.41, 5.74) is 6.12. The second-order valence-corrected chi connectivity index (χ2v) is 8.33. The van der Waals surface area contributed by atoms with Gasteiger partial charge in [-0.3, -0.25) is 9.78 Å². The number of rotatable bonds is 7. The van der Waals surface area contributed by atoms with Gasteiger partial charge in [-0.1, -0.05) is 30.3 Å². The second kappa shape index (κ2) is 9.77. The van der Waals surface area contributed by atoms with E-state index in [0.29, 0.717) is 18.7 Å². The molecule has 0 saturated heterocycles. The van der Waals surface area contributed by atoms with Gasteiger partial charge in [0.2, 0.25) is 0 Å². The fraction of sp³-hybridized carbons (Fsp3) is 0.143. The highest BCUT2D eigenvalue weighted by Gasteiger charge is 2.15. The lowest BCUT2D eigenvalue weighted by atomic mass is 10.1. The van der Waals surface area contributed by atoms with Crippen molar-refractivity contribution in [3.05, 3.63) is 108 Å². The minimum absolute atomic E-state index is 0.00349. The number of nitrogens with zero attached hydrogens (tertiary/aromatic N) is 5. The van der Waals surface area contributed by atoms with E-state index in [1.807, 2.05) is 97.6 Å². The van der Waals surface area contributed by atoms with Gasteiger partial charge in [0.05, 0.1) is 11.4 Å². The van der Waals surface area contributed by atoms with Crippen molar-refractivity contribution < 1.29 is 4.79 Å². The third-order valence-electron chi connectivity index (χ3n) is 5.81. The quantitative estimate of drug-likeness (QED) is 0.345. The van der Waals surface area contributed by atoms with E-state index >= 15 is 0 Å². The van der Waals surface area contributed by atoms with Gasteiger partial charge in [-0.15, -0.1) is 0 Å². The van der Waals surface area contributed by atoms with Crippen LogP contribution in [0.4, 0.5) is 11.5 Å². The molecule has 0 atom stereocenters. The Bertz CT molecular complexity index is 1450. The molecule has 0 aliphatic heterocycles. The molecular weight excluding hydrogens is 436 g/mol. The molecule has 3 aromatic heterocycles. The van der Waals surface area contributed by atoms with E-state index in [1.165, 1.54) is 0 Å². The highest BCUT2D eigenvalue weighted by atomic mass is 16.2. The first-order chi connectivity index (χ1) is 17.1. The van der Waals surface area contributed by atoms with Gasteiger partial charge in [-0.25, -0.2) is 4.98 Å². The van der Waals surface area contributed by atoms with Crippen LogP contribution in [0.25, 0.3) is 16.9 Å². The predicted molar refractivity (Wildman–Crippen MR) is 138 cm³/mol. The zero-order valence-corrected chi connectivity index (χ0v) is 19.7. The Hall–Kier alpha value is -4.52. The average Bonchev–Trinajstić information content (AvgIpc) is 3.29. The molecule has 0 bridgehead atoms. The molecule has 3 heterocycles. The van der Waals surface area contributed by atoms with Crippen molar-refractivity contribution in [2.75, 3.05) is 11.9 Å². The molecule has 5 aromatic rings. The predicted octanol–water partition coefficient (Wildman–Crippen LogP) is 5.51. The maximum absolute atomic E-state index is 13.1. The molecule has 0 radical (unpaired) electrons. The molecule has 1 amide bonds. The molecule has 35 heavy (non-hydrogen) atoms. The first-order valence-corrected chi connectivity index (χ1v) is 11.6. The molecule has 7 heteroatoms. The number of aryl methyl sites for hydroxylation is 1. The lowest BCUT2D eigenvalue weighted by Crippen LogP contribution is -2.30. The van der Waals surface area contributed by atoms with Crippen LogP contribution in [0.15, 0.2) is 91.3 Å². The molecule has 0 aliphatic carbocycles. The number of hydrogen-bond acceptors (Lipinski definition) is 5. The van der Waals surface area contributed by atoms with Gasteiger partial charge in [-0.2, -0.15) is 9.61 Å². The van der Waals surface area contributed by atoms with Crippen molar-refractivity contribution in [1.82, 2.24) is 24.5 Å². The van der Waals surface area contributed by atoms with Crippen LogP contribution in [-0.2, 0) is 6.54 Å². The molecule has 0 saturated carbocycles. The van der Waals surface area contributed by atoms with E-state index in [0.717, 1.165) is 39.7 Å². The van der Waals surface area contributed by atoms with E-state index in [1.54, 1.807) is 16.9 Å². The Kier molecular flexibility index (Phi) is 6.22. The first kappa shape index (κ1) is 22.3. The molecule has 1 N–H and O–H groups in total. The second-order valence-electron chi connectivity index (χ2n) is 8.33. The third kappa shape index (κ3) is 4.89. The number of pyridine rings is 1. The monoisotopic (exact) mass is 462 g/mol.